The second-order valence-electron chi connectivity index (χ2n) is 4.19. The van der Waals surface area contributed by atoms with Crippen molar-refractivity contribution in [1.29, 1.82) is 0 Å². The average Bonchev–Trinajstić information content (AvgIpc) is 2.40. The van der Waals surface area contributed by atoms with Crippen LogP contribution >= 0.6 is 34.2 Å². The molecule has 104 valence electrons. The first-order valence-electron chi connectivity index (χ1n) is 5.68. The molecule has 0 aliphatic rings. The normalized spacial score (nSPS) is 10.4. The van der Waals surface area contributed by atoms with Crippen LogP contribution in [0.2, 0.25) is 5.02 Å². The van der Waals surface area contributed by atoms with Crippen LogP contribution in [0.5, 0.6) is 0 Å². The average molecular weight is 405 g/mol. The fourth-order valence-electron chi connectivity index (χ4n) is 1.76. The van der Waals surface area contributed by atoms with E-state index in [0.29, 0.717) is 25.5 Å². The predicted octanol–water partition coefficient (Wildman–Crippen LogP) is 3.94. The van der Waals surface area contributed by atoms with Crippen molar-refractivity contribution in [2.75, 3.05) is 17.7 Å². The van der Waals surface area contributed by atoms with Crippen molar-refractivity contribution in [3.05, 3.63) is 56.4 Å². The first-order chi connectivity index (χ1) is 9.40. The molecule has 0 saturated carbocycles. The van der Waals surface area contributed by atoms with Crippen molar-refractivity contribution < 1.29 is 9.18 Å². The number of rotatable bonds is 2. The first-order valence-corrected chi connectivity index (χ1v) is 7.14. The van der Waals surface area contributed by atoms with Crippen LogP contribution in [0.1, 0.15) is 10.4 Å². The number of anilines is 2. The zero-order valence-electron chi connectivity index (χ0n) is 10.5. The Bertz CT molecular complexity index is 678. The Labute approximate surface area is 134 Å². The summed E-state index contributed by atoms with van der Waals surface area (Å²) in [6.45, 7) is 0. The van der Waals surface area contributed by atoms with E-state index in [1.54, 1.807) is 25.2 Å². The Balaban J connectivity index is 2.40. The minimum atomic E-state index is -0.379. The lowest BCUT2D eigenvalue weighted by atomic mass is 10.1. The summed E-state index contributed by atoms with van der Waals surface area (Å²) >= 11 is 7.84. The number of nitrogen functional groups attached to an aromatic ring is 1. The molecule has 0 spiro atoms. The van der Waals surface area contributed by atoms with Gasteiger partial charge in [0.05, 0.1) is 16.9 Å². The van der Waals surface area contributed by atoms with Gasteiger partial charge in [0.1, 0.15) is 5.82 Å². The highest BCUT2D eigenvalue weighted by molar-refractivity contribution is 14.1. The van der Waals surface area contributed by atoms with Crippen molar-refractivity contribution in [2.45, 2.75) is 0 Å². The first kappa shape index (κ1) is 15.1. The van der Waals surface area contributed by atoms with Gasteiger partial charge in [-0.25, -0.2) is 4.39 Å². The number of hydrogen-bond acceptors (Lipinski definition) is 2. The SMILES string of the molecule is CN(C(=O)c1ccc(F)cc1I)c1cc(Cl)ccc1N. The Morgan fingerprint density at radius 1 is 1.30 bits per heavy atom. The van der Waals surface area contributed by atoms with E-state index in [1.165, 1.54) is 23.1 Å². The molecule has 6 heteroatoms. The molecule has 0 aromatic heterocycles. The highest BCUT2D eigenvalue weighted by Gasteiger charge is 2.18. The van der Waals surface area contributed by atoms with E-state index in [4.69, 9.17) is 17.3 Å². The third-order valence-corrected chi connectivity index (χ3v) is 3.95. The van der Waals surface area contributed by atoms with Crippen molar-refractivity contribution in [1.82, 2.24) is 0 Å². The second kappa shape index (κ2) is 5.97. The maximum atomic E-state index is 13.1. The van der Waals surface area contributed by atoms with E-state index < -0.39 is 0 Å². The van der Waals surface area contributed by atoms with E-state index >= 15 is 0 Å². The van der Waals surface area contributed by atoms with E-state index in [-0.39, 0.29) is 11.7 Å². The number of carbonyl (C=O) groups is 1. The van der Waals surface area contributed by atoms with Gasteiger partial charge < -0.3 is 10.6 Å². The summed E-state index contributed by atoms with van der Waals surface area (Å²) in [7, 11) is 1.60. The number of nitrogens with zero attached hydrogens (tertiary/aromatic N) is 1. The minimum absolute atomic E-state index is 0.275. The molecule has 0 aliphatic heterocycles. The van der Waals surface area contributed by atoms with Crippen LogP contribution in [-0.4, -0.2) is 13.0 Å². The van der Waals surface area contributed by atoms with Crippen molar-refractivity contribution in [3.63, 3.8) is 0 Å². The molecule has 0 aliphatic carbocycles. The summed E-state index contributed by atoms with van der Waals surface area (Å²) in [5, 5.41) is 0.489. The van der Waals surface area contributed by atoms with Crippen LogP contribution in [0.4, 0.5) is 15.8 Å². The van der Waals surface area contributed by atoms with Crippen LogP contribution in [0.25, 0.3) is 0 Å². The molecule has 0 saturated heterocycles. The van der Waals surface area contributed by atoms with Crippen LogP contribution in [0.3, 0.4) is 0 Å². The largest absolute Gasteiger partial charge is 0.397 e. The summed E-state index contributed by atoms with van der Waals surface area (Å²) in [6.07, 6.45) is 0. The molecule has 2 aromatic rings. The Morgan fingerprint density at radius 2 is 2.00 bits per heavy atom. The predicted molar refractivity (Wildman–Crippen MR) is 87.7 cm³/mol. The van der Waals surface area contributed by atoms with Gasteiger partial charge in [-0.15, -0.1) is 0 Å². The quantitative estimate of drug-likeness (QED) is 0.609. The second-order valence-corrected chi connectivity index (χ2v) is 5.79. The monoisotopic (exact) mass is 404 g/mol. The lowest BCUT2D eigenvalue weighted by Gasteiger charge is -2.20. The lowest BCUT2D eigenvalue weighted by Crippen LogP contribution is -2.27. The third kappa shape index (κ3) is 3.04. The molecular weight excluding hydrogens is 394 g/mol. The standard InChI is InChI=1S/C14H11ClFIN2O/c1-19(13-6-8(15)2-5-12(13)18)14(20)10-4-3-9(16)7-11(10)17/h2-7H,18H2,1H3. The number of carbonyl (C=O) groups excluding carboxylic acids is 1. The summed E-state index contributed by atoms with van der Waals surface area (Å²) in [5.41, 5.74) is 7.23. The smallest absolute Gasteiger partial charge is 0.259 e. The van der Waals surface area contributed by atoms with Gasteiger partial charge >= 0.3 is 0 Å². The molecule has 1 amide bonds. The molecule has 0 heterocycles. The summed E-state index contributed by atoms with van der Waals surface area (Å²) < 4.78 is 13.6. The van der Waals surface area contributed by atoms with Crippen LogP contribution in [-0.2, 0) is 0 Å². The topological polar surface area (TPSA) is 46.3 Å². The molecule has 2 rings (SSSR count). The fourth-order valence-corrected chi connectivity index (χ4v) is 2.63. The van der Waals surface area contributed by atoms with Gasteiger partial charge in [-0.2, -0.15) is 0 Å². The van der Waals surface area contributed by atoms with Crippen LogP contribution < -0.4 is 10.6 Å². The van der Waals surface area contributed by atoms with E-state index in [2.05, 4.69) is 0 Å². The number of nitrogens with two attached hydrogens (primary N) is 1. The van der Waals surface area contributed by atoms with Gasteiger partial charge in [0.15, 0.2) is 0 Å². The van der Waals surface area contributed by atoms with Crippen molar-refractivity contribution in [2.24, 2.45) is 0 Å². The number of hydrogen-bond donors (Lipinski definition) is 1. The van der Waals surface area contributed by atoms with Crippen molar-refractivity contribution >= 4 is 51.5 Å². The highest BCUT2D eigenvalue weighted by atomic mass is 127. The lowest BCUT2D eigenvalue weighted by molar-refractivity contribution is 0.0992. The number of benzene rings is 2. The zero-order chi connectivity index (χ0) is 14.9. The molecule has 0 atom stereocenters. The van der Waals surface area contributed by atoms with E-state index in [0.717, 1.165) is 0 Å². The molecule has 0 bridgehead atoms. The molecule has 0 fully saturated rings. The fraction of sp³-hybridized carbons (Fsp3) is 0.0714. The molecule has 20 heavy (non-hydrogen) atoms. The molecule has 3 nitrogen and oxygen atoms in total. The van der Waals surface area contributed by atoms with Crippen LogP contribution in [0.15, 0.2) is 36.4 Å². The van der Waals surface area contributed by atoms with Gasteiger partial charge in [0, 0.05) is 15.6 Å². The van der Waals surface area contributed by atoms with E-state index in [9.17, 15) is 9.18 Å². The third-order valence-electron chi connectivity index (χ3n) is 2.82. The summed E-state index contributed by atoms with van der Waals surface area (Å²) in [6, 6.07) is 8.92. The van der Waals surface area contributed by atoms with Gasteiger partial charge in [-0.05, 0) is 59.0 Å². The number of amides is 1. The van der Waals surface area contributed by atoms with Crippen LogP contribution in [0, 0.1) is 9.39 Å². The van der Waals surface area contributed by atoms with Crippen molar-refractivity contribution in [3.8, 4) is 0 Å². The van der Waals surface area contributed by atoms with Gasteiger partial charge in [0.2, 0.25) is 0 Å². The molecular formula is C14H11ClFIN2O. The van der Waals surface area contributed by atoms with Gasteiger partial charge in [0.25, 0.3) is 5.91 Å². The van der Waals surface area contributed by atoms with Gasteiger partial charge in [-0.3, -0.25) is 4.79 Å². The molecule has 0 radical (unpaired) electrons. The van der Waals surface area contributed by atoms with E-state index in [1.807, 2.05) is 22.6 Å². The number of halogens is 3. The Kier molecular flexibility index (Phi) is 4.49. The van der Waals surface area contributed by atoms with Gasteiger partial charge in [-0.1, -0.05) is 11.6 Å². The highest BCUT2D eigenvalue weighted by Crippen LogP contribution is 2.28. The Hall–Kier alpha value is -1.34. The molecule has 2 aromatic carbocycles. The molecule has 0 unspecified atom stereocenters. The summed E-state index contributed by atoms with van der Waals surface area (Å²) in [5.74, 6) is -0.653. The maximum Gasteiger partial charge on any atom is 0.259 e. The summed E-state index contributed by atoms with van der Waals surface area (Å²) in [4.78, 5) is 13.8. The minimum Gasteiger partial charge on any atom is -0.397 e. The zero-order valence-corrected chi connectivity index (χ0v) is 13.4. The molecule has 2 N–H and O–H groups in total. The Morgan fingerprint density at radius 3 is 2.65 bits per heavy atom. The maximum absolute atomic E-state index is 13.1.